The summed E-state index contributed by atoms with van der Waals surface area (Å²) in [6, 6.07) is 9.34. The molecule has 3 nitrogen and oxygen atoms in total. The van der Waals surface area contributed by atoms with Crippen molar-refractivity contribution in [3.63, 3.8) is 0 Å². The van der Waals surface area contributed by atoms with Crippen molar-refractivity contribution >= 4 is 28.0 Å². The van der Waals surface area contributed by atoms with Gasteiger partial charge in [0, 0.05) is 28.5 Å². The van der Waals surface area contributed by atoms with Gasteiger partial charge in [-0.25, -0.2) is 8.78 Å². The molecule has 21 heavy (non-hydrogen) atoms. The minimum absolute atomic E-state index is 0.188. The standard InChI is InChI=1S/C16H13F2N3/c1-9-11(17)5-2-6-14(9)21-16-12(18)8-13(19)10-4-3-7-20-15(10)16/h2-8,21H,19H2,1H3. The number of halogens is 2. The smallest absolute Gasteiger partial charge is 0.150 e. The zero-order valence-corrected chi connectivity index (χ0v) is 11.3. The van der Waals surface area contributed by atoms with Gasteiger partial charge in [0.2, 0.25) is 0 Å². The Hall–Kier alpha value is -2.69. The molecule has 0 unspecified atom stereocenters. The number of hydrogen-bond donors (Lipinski definition) is 2. The summed E-state index contributed by atoms with van der Waals surface area (Å²) in [6.45, 7) is 1.63. The highest BCUT2D eigenvalue weighted by Gasteiger charge is 2.13. The zero-order valence-electron chi connectivity index (χ0n) is 11.3. The van der Waals surface area contributed by atoms with Crippen molar-refractivity contribution in [1.29, 1.82) is 0 Å². The molecule has 0 aliphatic heterocycles. The van der Waals surface area contributed by atoms with Crippen LogP contribution in [0.2, 0.25) is 0 Å². The topological polar surface area (TPSA) is 50.9 Å². The maximum absolute atomic E-state index is 14.2. The largest absolute Gasteiger partial charge is 0.398 e. The van der Waals surface area contributed by atoms with Crippen LogP contribution in [0.3, 0.4) is 0 Å². The lowest BCUT2D eigenvalue weighted by atomic mass is 10.1. The summed E-state index contributed by atoms with van der Waals surface area (Å²) in [5.74, 6) is -0.879. The van der Waals surface area contributed by atoms with Crippen LogP contribution in [0.15, 0.2) is 42.6 Å². The average Bonchev–Trinajstić information content (AvgIpc) is 2.47. The SMILES string of the molecule is Cc1c(F)cccc1Nc1c(F)cc(N)c2cccnc12. The van der Waals surface area contributed by atoms with E-state index < -0.39 is 5.82 Å². The van der Waals surface area contributed by atoms with Gasteiger partial charge in [-0.15, -0.1) is 0 Å². The Morgan fingerprint density at radius 1 is 1.10 bits per heavy atom. The maximum atomic E-state index is 14.2. The van der Waals surface area contributed by atoms with Crippen molar-refractivity contribution in [1.82, 2.24) is 4.98 Å². The summed E-state index contributed by atoms with van der Waals surface area (Å²) in [4.78, 5) is 4.17. The second kappa shape index (κ2) is 5.01. The number of benzene rings is 2. The summed E-state index contributed by atoms with van der Waals surface area (Å²) in [7, 11) is 0. The number of nitrogens with zero attached hydrogens (tertiary/aromatic N) is 1. The van der Waals surface area contributed by atoms with Gasteiger partial charge in [0.15, 0.2) is 5.82 Å². The number of hydrogen-bond acceptors (Lipinski definition) is 3. The lowest BCUT2D eigenvalue weighted by Gasteiger charge is -2.14. The first kappa shape index (κ1) is 13.3. The van der Waals surface area contributed by atoms with Crippen molar-refractivity contribution < 1.29 is 8.78 Å². The molecule has 0 aliphatic rings. The third-order valence-electron chi connectivity index (χ3n) is 3.40. The van der Waals surface area contributed by atoms with Crippen LogP contribution in [-0.4, -0.2) is 4.98 Å². The Morgan fingerprint density at radius 2 is 1.90 bits per heavy atom. The molecule has 3 aromatic rings. The van der Waals surface area contributed by atoms with Gasteiger partial charge in [0.1, 0.15) is 11.5 Å². The molecule has 0 bridgehead atoms. The molecule has 5 heteroatoms. The van der Waals surface area contributed by atoms with E-state index in [0.29, 0.717) is 27.8 Å². The molecule has 0 fully saturated rings. The van der Waals surface area contributed by atoms with Crippen LogP contribution in [0.4, 0.5) is 25.8 Å². The molecule has 0 aliphatic carbocycles. The van der Waals surface area contributed by atoms with Crippen LogP contribution in [0.1, 0.15) is 5.56 Å². The highest BCUT2D eigenvalue weighted by Crippen LogP contribution is 2.32. The minimum atomic E-state index is -0.526. The van der Waals surface area contributed by atoms with Gasteiger partial charge < -0.3 is 11.1 Å². The van der Waals surface area contributed by atoms with Crippen LogP contribution in [0.25, 0.3) is 10.9 Å². The van der Waals surface area contributed by atoms with E-state index in [1.807, 2.05) is 0 Å². The van der Waals surface area contributed by atoms with Gasteiger partial charge in [-0.3, -0.25) is 4.98 Å². The van der Waals surface area contributed by atoms with Crippen molar-refractivity contribution in [2.75, 3.05) is 11.1 Å². The molecule has 0 atom stereocenters. The van der Waals surface area contributed by atoms with Gasteiger partial charge >= 0.3 is 0 Å². The van der Waals surface area contributed by atoms with E-state index in [1.165, 1.54) is 12.1 Å². The Balaban J connectivity index is 2.19. The summed E-state index contributed by atoms with van der Waals surface area (Å²) < 4.78 is 27.8. The molecule has 0 saturated carbocycles. The Kier molecular flexibility index (Phi) is 3.17. The molecule has 1 aromatic heterocycles. The number of nitrogens with one attached hydrogen (secondary N) is 1. The average molecular weight is 285 g/mol. The molecule has 0 amide bonds. The van der Waals surface area contributed by atoms with E-state index in [4.69, 9.17) is 5.73 Å². The third-order valence-corrected chi connectivity index (χ3v) is 3.40. The van der Waals surface area contributed by atoms with Crippen LogP contribution in [0, 0.1) is 18.6 Å². The molecule has 0 radical (unpaired) electrons. The van der Waals surface area contributed by atoms with Gasteiger partial charge in [0.05, 0.1) is 5.52 Å². The first-order valence-corrected chi connectivity index (χ1v) is 6.43. The number of aromatic nitrogens is 1. The first-order valence-electron chi connectivity index (χ1n) is 6.43. The number of anilines is 3. The molecule has 3 N–H and O–H groups in total. The Morgan fingerprint density at radius 3 is 2.71 bits per heavy atom. The fourth-order valence-electron chi connectivity index (χ4n) is 2.23. The monoisotopic (exact) mass is 285 g/mol. The highest BCUT2D eigenvalue weighted by atomic mass is 19.1. The third kappa shape index (κ3) is 2.27. The minimum Gasteiger partial charge on any atom is -0.398 e. The molecule has 0 saturated heterocycles. The maximum Gasteiger partial charge on any atom is 0.150 e. The van der Waals surface area contributed by atoms with E-state index in [0.717, 1.165) is 0 Å². The second-order valence-corrected chi connectivity index (χ2v) is 4.76. The second-order valence-electron chi connectivity index (χ2n) is 4.76. The van der Waals surface area contributed by atoms with Crippen molar-refractivity contribution in [3.8, 4) is 0 Å². The van der Waals surface area contributed by atoms with E-state index in [2.05, 4.69) is 10.3 Å². The van der Waals surface area contributed by atoms with Crippen molar-refractivity contribution in [3.05, 3.63) is 59.8 Å². The van der Waals surface area contributed by atoms with E-state index in [9.17, 15) is 8.78 Å². The number of pyridine rings is 1. The molecule has 3 rings (SSSR count). The number of fused-ring (bicyclic) bond motifs is 1. The zero-order chi connectivity index (χ0) is 15.0. The molecule has 2 aromatic carbocycles. The molecular formula is C16H13F2N3. The number of nitrogens with two attached hydrogens (primary N) is 1. The number of nitrogen functional groups attached to an aromatic ring is 1. The Bertz CT molecular complexity index is 831. The van der Waals surface area contributed by atoms with Crippen LogP contribution in [-0.2, 0) is 0 Å². The van der Waals surface area contributed by atoms with E-state index in [1.54, 1.807) is 37.4 Å². The molecule has 106 valence electrons. The molecular weight excluding hydrogens is 272 g/mol. The summed E-state index contributed by atoms with van der Waals surface area (Å²) in [6.07, 6.45) is 1.56. The van der Waals surface area contributed by atoms with Crippen LogP contribution in [0.5, 0.6) is 0 Å². The van der Waals surface area contributed by atoms with Gasteiger partial charge in [-0.1, -0.05) is 6.07 Å². The van der Waals surface area contributed by atoms with E-state index in [-0.39, 0.29) is 11.5 Å². The summed E-state index contributed by atoms with van der Waals surface area (Å²) >= 11 is 0. The predicted octanol–water partition coefficient (Wildman–Crippen LogP) is 4.15. The normalized spacial score (nSPS) is 10.8. The summed E-state index contributed by atoms with van der Waals surface area (Å²) in [5, 5.41) is 3.57. The van der Waals surface area contributed by atoms with E-state index >= 15 is 0 Å². The van der Waals surface area contributed by atoms with Crippen LogP contribution >= 0.6 is 0 Å². The fourth-order valence-corrected chi connectivity index (χ4v) is 2.23. The van der Waals surface area contributed by atoms with Crippen molar-refractivity contribution in [2.45, 2.75) is 6.92 Å². The van der Waals surface area contributed by atoms with Crippen molar-refractivity contribution in [2.24, 2.45) is 0 Å². The quantitative estimate of drug-likeness (QED) is 0.695. The lowest BCUT2D eigenvalue weighted by Crippen LogP contribution is -2.01. The summed E-state index contributed by atoms with van der Waals surface area (Å²) in [5.41, 5.74) is 7.63. The molecule has 1 heterocycles. The van der Waals surface area contributed by atoms with Gasteiger partial charge in [-0.05, 0) is 37.3 Å². The van der Waals surface area contributed by atoms with Gasteiger partial charge in [-0.2, -0.15) is 0 Å². The Labute approximate surface area is 120 Å². The predicted molar refractivity (Wildman–Crippen MR) is 80.5 cm³/mol. The number of rotatable bonds is 2. The van der Waals surface area contributed by atoms with Gasteiger partial charge in [0.25, 0.3) is 0 Å². The fraction of sp³-hybridized carbons (Fsp3) is 0.0625. The first-order chi connectivity index (χ1) is 10.1. The highest BCUT2D eigenvalue weighted by molar-refractivity contribution is 5.99. The van der Waals surface area contributed by atoms with Crippen LogP contribution < -0.4 is 11.1 Å². The lowest BCUT2D eigenvalue weighted by molar-refractivity contribution is 0.618. The molecule has 0 spiro atoms.